The van der Waals surface area contributed by atoms with Crippen LogP contribution in [-0.2, 0) is 7.05 Å². The molecule has 0 aliphatic rings. The third-order valence-electron chi connectivity index (χ3n) is 3.48. The molecule has 1 aromatic carbocycles. The summed E-state index contributed by atoms with van der Waals surface area (Å²) in [6, 6.07) is 8.82. The van der Waals surface area contributed by atoms with Gasteiger partial charge in [0.1, 0.15) is 11.4 Å². The van der Waals surface area contributed by atoms with Gasteiger partial charge in [-0.05, 0) is 12.1 Å². The van der Waals surface area contributed by atoms with Gasteiger partial charge in [-0.2, -0.15) is 4.98 Å². The molecule has 23 heavy (non-hydrogen) atoms. The number of methoxy groups -OCH3 is 1. The molecule has 0 radical (unpaired) electrons. The molecule has 0 spiro atoms. The first-order valence-corrected chi connectivity index (χ1v) is 6.87. The van der Waals surface area contributed by atoms with E-state index in [-0.39, 0.29) is 5.56 Å². The minimum atomic E-state index is -0.215. The lowest BCUT2D eigenvalue weighted by molar-refractivity contribution is 0.417. The van der Waals surface area contributed by atoms with Gasteiger partial charge in [0.2, 0.25) is 5.95 Å². The number of aromatic nitrogens is 3. The maximum atomic E-state index is 11.9. The van der Waals surface area contributed by atoms with Crippen LogP contribution in [-0.4, -0.2) is 21.6 Å². The second kappa shape index (κ2) is 5.81. The van der Waals surface area contributed by atoms with Gasteiger partial charge in [0, 0.05) is 24.9 Å². The van der Waals surface area contributed by atoms with Crippen LogP contribution < -0.4 is 15.6 Å². The molecule has 0 atom stereocenters. The number of fused-ring (bicyclic) bond motifs is 1. The lowest BCUT2D eigenvalue weighted by atomic mass is 10.2. The van der Waals surface area contributed by atoms with E-state index in [9.17, 15) is 4.79 Å². The van der Waals surface area contributed by atoms with E-state index in [1.54, 1.807) is 20.4 Å². The number of benzene rings is 1. The van der Waals surface area contributed by atoms with Crippen molar-refractivity contribution in [1.82, 2.24) is 14.5 Å². The molecular weight excluding hydrogens is 292 g/mol. The van der Waals surface area contributed by atoms with Crippen molar-refractivity contribution in [3.63, 3.8) is 0 Å². The first-order chi connectivity index (χ1) is 11.1. The molecule has 3 aromatic rings. The van der Waals surface area contributed by atoms with E-state index in [0.717, 1.165) is 5.69 Å². The van der Waals surface area contributed by atoms with Crippen LogP contribution in [0.1, 0.15) is 5.56 Å². The number of pyridine rings is 1. The number of nitrogens with zero attached hydrogens (tertiary/aromatic N) is 3. The molecule has 6 nitrogen and oxygen atoms in total. The molecule has 0 saturated heterocycles. The molecule has 0 fully saturated rings. The number of terminal acetylenes is 1. The molecule has 0 amide bonds. The van der Waals surface area contributed by atoms with Gasteiger partial charge >= 0.3 is 0 Å². The van der Waals surface area contributed by atoms with Crippen LogP contribution in [0.3, 0.4) is 0 Å². The summed E-state index contributed by atoms with van der Waals surface area (Å²) in [6.45, 7) is 0. The first kappa shape index (κ1) is 14.6. The Balaban J connectivity index is 2.12. The fourth-order valence-electron chi connectivity index (χ4n) is 2.27. The van der Waals surface area contributed by atoms with Gasteiger partial charge in [-0.1, -0.05) is 18.1 Å². The Morgan fingerprint density at radius 1 is 1.35 bits per heavy atom. The quantitative estimate of drug-likeness (QED) is 0.750. The van der Waals surface area contributed by atoms with Crippen molar-refractivity contribution in [1.29, 1.82) is 0 Å². The maximum Gasteiger partial charge on any atom is 0.253 e. The molecule has 0 aliphatic heterocycles. The first-order valence-electron chi connectivity index (χ1n) is 6.87. The Bertz CT molecular complexity index is 986. The lowest BCUT2D eigenvalue weighted by Gasteiger charge is -2.11. The minimum absolute atomic E-state index is 0.215. The van der Waals surface area contributed by atoms with Crippen LogP contribution in [0.25, 0.3) is 11.0 Å². The van der Waals surface area contributed by atoms with Crippen molar-refractivity contribution >= 4 is 22.7 Å². The zero-order valence-corrected chi connectivity index (χ0v) is 12.7. The Hall–Kier alpha value is -3.33. The molecule has 2 aromatic heterocycles. The molecule has 0 aliphatic carbocycles. The van der Waals surface area contributed by atoms with Gasteiger partial charge in [-0.15, -0.1) is 6.42 Å². The van der Waals surface area contributed by atoms with Gasteiger partial charge in [-0.3, -0.25) is 9.36 Å². The molecule has 0 unspecified atom stereocenters. The summed E-state index contributed by atoms with van der Waals surface area (Å²) in [6.07, 6.45) is 7.05. The van der Waals surface area contributed by atoms with Crippen molar-refractivity contribution in [3.8, 4) is 18.1 Å². The highest BCUT2D eigenvalue weighted by Crippen LogP contribution is 2.26. The van der Waals surface area contributed by atoms with Gasteiger partial charge in [0.05, 0.1) is 18.2 Å². The van der Waals surface area contributed by atoms with Gasteiger partial charge < -0.3 is 10.1 Å². The number of aryl methyl sites for hydroxylation is 1. The summed E-state index contributed by atoms with van der Waals surface area (Å²) in [4.78, 5) is 20.6. The molecule has 0 saturated carbocycles. The number of rotatable bonds is 3. The Morgan fingerprint density at radius 3 is 2.87 bits per heavy atom. The van der Waals surface area contributed by atoms with E-state index in [2.05, 4.69) is 21.2 Å². The van der Waals surface area contributed by atoms with E-state index in [1.165, 1.54) is 10.6 Å². The number of hydrogen-bond donors (Lipinski definition) is 1. The fraction of sp³-hybridized carbons (Fsp3) is 0.118. The minimum Gasteiger partial charge on any atom is -0.495 e. The average Bonchev–Trinajstić information content (AvgIpc) is 2.58. The summed E-state index contributed by atoms with van der Waals surface area (Å²) < 4.78 is 6.72. The van der Waals surface area contributed by atoms with Crippen LogP contribution >= 0.6 is 0 Å². The maximum absolute atomic E-state index is 11.9. The van der Waals surface area contributed by atoms with E-state index in [0.29, 0.717) is 28.3 Å². The van der Waals surface area contributed by atoms with Crippen molar-refractivity contribution in [2.75, 3.05) is 12.4 Å². The molecule has 114 valence electrons. The molecule has 3 rings (SSSR count). The number of ether oxygens (including phenoxy) is 1. The smallest absolute Gasteiger partial charge is 0.253 e. The number of nitrogens with one attached hydrogen (secondary N) is 1. The zero-order chi connectivity index (χ0) is 16.4. The summed E-state index contributed by atoms with van der Waals surface area (Å²) >= 11 is 0. The molecule has 0 bridgehead atoms. The van der Waals surface area contributed by atoms with Crippen LogP contribution in [0, 0.1) is 12.3 Å². The second-order valence-electron chi connectivity index (χ2n) is 4.86. The number of hydrogen-bond acceptors (Lipinski definition) is 5. The van der Waals surface area contributed by atoms with Crippen molar-refractivity contribution < 1.29 is 4.74 Å². The van der Waals surface area contributed by atoms with Gasteiger partial charge in [-0.25, -0.2) is 4.98 Å². The second-order valence-corrected chi connectivity index (χ2v) is 4.86. The van der Waals surface area contributed by atoms with E-state index >= 15 is 0 Å². The van der Waals surface area contributed by atoms with Gasteiger partial charge in [0.25, 0.3) is 5.56 Å². The lowest BCUT2D eigenvalue weighted by Crippen LogP contribution is -2.18. The largest absolute Gasteiger partial charge is 0.495 e. The van der Waals surface area contributed by atoms with Gasteiger partial charge in [0.15, 0.2) is 0 Å². The van der Waals surface area contributed by atoms with Crippen LogP contribution in [0.5, 0.6) is 5.75 Å². The van der Waals surface area contributed by atoms with E-state index in [4.69, 9.17) is 11.2 Å². The number of para-hydroxylation sites is 2. The predicted molar refractivity (Wildman–Crippen MR) is 89.0 cm³/mol. The summed E-state index contributed by atoms with van der Waals surface area (Å²) in [5, 5.41) is 3.74. The zero-order valence-electron chi connectivity index (χ0n) is 12.7. The fourth-order valence-corrected chi connectivity index (χ4v) is 2.27. The predicted octanol–water partition coefficient (Wildman–Crippen LogP) is 2.06. The third-order valence-corrected chi connectivity index (χ3v) is 3.48. The van der Waals surface area contributed by atoms with Crippen molar-refractivity contribution in [2.45, 2.75) is 0 Å². The SMILES string of the molecule is C#Cc1cc(=O)n(C)c2nc(Nc3ccccc3OC)ncc12. The Labute approximate surface area is 132 Å². The highest BCUT2D eigenvalue weighted by molar-refractivity contribution is 5.82. The monoisotopic (exact) mass is 306 g/mol. The highest BCUT2D eigenvalue weighted by Gasteiger charge is 2.10. The molecule has 6 heteroatoms. The van der Waals surface area contributed by atoms with Crippen LogP contribution in [0.15, 0.2) is 41.3 Å². The normalized spacial score (nSPS) is 10.3. The van der Waals surface area contributed by atoms with Crippen LogP contribution in [0.2, 0.25) is 0 Å². The highest BCUT2D eigenvalue weighted by atomic mass is 16.5. The topological polar surface area (TPSA) is 69.0 Å². The van der Waals surface area contributed by atoms with E-state index in [1.807, 2.05) is 24.3 Å². The standard InChI is InChI=1S/C17H14N4O2/c1-4-11-9-15(22)21(2)16-12(11)10-18-17(20-16)19-13-7-5-6-8-14(13)23-3/h1,5-10H,2-3H3,(H,18,19,20). The third kappa shape index (κ3) is 2.60. The summed E-state index contributed by atoms with van der Waals surface area (Å²) in [7, 11) is 3.23. The van der Waals surface area contributed by atoms with E-state index < -0.39 is 0 Å². The molecular formula is C17H14N4O2. The average molecular weight is 306 g/mol. The van der Waals surface area contributed by atoms with Crippen LogP contribution in [0.4, 0.5) is 11.6 Å². The van der Waals surface area contributed by atoms with Crippen molar-refractivity contribution in [2.24, 2.45) is 7.05 Å². The summed E-state index contributed by atoms with van der Waals surface area (Å²) in [5.41, 5.74) is 1.46. The van der Waals surface area contributed by atoms with Crippen molar-refractivity contribution in [3.05, 3.63) is 52.4 Å². The summed E-state index contributed by atoms with van der Waals surface area (Å²) in [5.74, 6) is 3.51. The Kier molecular flexibility index (Phi) is 3.69. The Morgan fingerprint density at radius 2 is 2.13 bits per heavy atom. The molecule has 1 N–H and O–H groups in total. The molecule has 2 heterocycles. The number of anilines is 2.